The van der Waals surface area contributed by atoms with Crippen molar-refractivity contribution in [3.8, 4) is 0 Å². The molecule has 0 heterocycles. The second-order valence-corrected chi connectivity index (χ2v) is 5.17. The monoisotopic (exact) mass is 278 g/mol. The van der Waals surface area contributed by atoms with E-state index in [-0.39, 0.29) is 0 Å². The van der Waals surface area contributed by atoms with Crippen LogP contribution < -0.4 is 5.32 Å². The van der Waals surface area contributed by atoms with Crippen LogP contribution in [-0.4, -0.2) is 64.9 Å². The van der Waals surface area contributed by atoms with Gasteiger partial charge in [0.25, 0.3) is 0 Å². The van der Waals surface area contributed by atoms with Crippen molar-refractivity contribution in [3.63, 3.8) is 0 Å². The van der Waals surface area contributed by atoms with Crippen molar-refractivity contribution in [3.05, 3.63) is 0 Å². The Kier molecular flexibility index (Phi) is 8.57. The fourth-order valence-corrected chi connectivity index (χ4v) is 1.71. The number of thioether (sulfide) groups is 1. The molecule has 0 fully saturated rings. The molecule has 7 heteroatoms. The second kappa shape index (κ2) is 9.04. The van der Waals surface area contributed by atoms with E-state index >= 15 is 0 Å². The Morgan fingerprint density at radius 3 is 2.44 bits per heavy atom. The molecule has 0 rings (SSSR count). The van der Waals surface area contributed by atoms with Gasteiger partial charge in [0.2, 0.25) is 0 Å². The number of hydrogen-bond acceptors (Lipinski definition) is 4. The SMILES string of the molecule is CSCC[C@H](NC(=O)N(C)CCC(C)O)C(=O)O. The van der Waals surface area contributed by atoms with Crippen LogP contribution in [0.4, 0.5) is 4.79 Å². The van der Waals surface area contributed by atoms with E-state index in [0.717, 1.165) is 0 Å². The zero-order valence-corrected chi connectivity index (χ0v) is 11.9. The highest BCUT2D eigenvalue weighted by atomic mass is 32.2. The largest absolute Gasteiger partial charge is 0.480 e. The fraction of sp³-hybridized carbons (Fsp3) is 0.818. The van der Waals surface area contributed by atoms with Gasteiger partial charge >= 0.3 is 12.0 Å². The van der Waals surface area contributed by atoms with Gasteiger partial charge in [-0.1, -0.05) is 0 Å². The van der Waals surface area contributed by atoms with E-state index in [1.54, 1.807) is 14.0 Å². The Hall–Kier alpha value is -0.950. The topological polar surface area (TPSA) is 89.9 Å². The number of hydrogen-bond donors (Lipinski definition) is 3. The van der Waals surface area contributed by atoms with Crippen molar-refractivity contribution in [2.75, 3.05) is 25.6 Å². The van der Waals surface area contributed by atoms with Crippen molar-refractivity contribution in [1.82, 2.24) is 10.2 Å². The quantitative estimate of drug-likeness (QED) is 0.605. The number of aliphatic hydroxyl groups is 1. The first-order valence-corrected chi connectivity index (χ1v) is 7.19. The summed E-state index contributed by atoms with van der Waals surface area (Å²) in [7, 11) is 1.57. The summed E-state index contributed by atoms with van der Waals surface area (Å²) >= 11 is 1.54. The van der Waals surface area contributed by atoms with E-state index in [1.807, 2.05) is 6.26 Å². The first-order chi connectivity index (χ1) is 8.38. The van der Waals surface area contributed by atoms with Crippen molar-refractivity contribution >= 4 is 23.8 Å². The number of carbonyl (C=O) groups excluding carboxylic acids is 1. The van der Waals surface area contributed by atoms with E-state index in [0.29, 0.717) is 25.1 Å². The van der Waals surface area contributed by atoms with Gasteiger partial charge in [-0.05, 0) is 31.8 Å². The molecular weight excluding hydrogens is 256 g/mol. The molecule has 0 aromatic carbocycles. The van der Waals surface area contributed by atoms with Crippen LogP contribution in [0.1, 0.15) is 19.8 Å². The number of aliphatic hydroxyl groups excluding tert-OH is 1. The Bertz CT molecular complexity index is 274. The molecule has 1 unspecified atom stereocenters. The minimum absolute atomic E-state index is 0.387. The number of carbonyl (C=O) groups is 2. The number of nitrogens with zero attached hydrogens (tertiary/aromatic N) is 1. The molecule has 0 radical (unpaired) electrons. The van der Waals surface area contributed by atoms with Gasteiger partial charge in [-0.3, -0.25) is 0 Å². The van der Waals surface area contributed by atoms with E-state index in [2.05, 4.69) is 5.32 Å². The first-order valence-electron chi connectivity index (χ1n) is 5.80. The maximum absolute atomic E-state index is 11.7. The minimum Gasteiger partial charge on any atom is -0.480 e. The molecule has 0 aromatic heterocycles. The summed E-state index contributed by atoms with van der Waals surface area (Å²) in [4.78, 5) is 24.0. The molecule has 0 saturated carbocycles. The van der Waals surface area contributed by atoms with Crippen LogP contribution in [0.2, 0.25) is 0 Å². The van der Waals surface area contributed by atoms with Gasteiger partial charge in [0.15, 0.2) is 0 Å². The van der Waals surface area contributed by atoms with Gasteiger partial charge in [0, 0.05) is 13.6 Å². The van der Waals surface area contributed by atoms with Crippen molar-refractivity contribution in [2.45, 2.75) is 31.9 Å². The molecule has 0 aliphatic heterocycles. The van der Waals surface area contributed by atoms with Crippen LogP contribution >= 0.6 is 11.8 Å². The zero-order valence-electron chi connectivity index (χ0n) is 11.0. The number of aliphatic carboxylic acids is 1. The predicted molar refractivity (Wildman–Crippen MR) is 71.9 cm³/mol. The highest BCUT2D eigenvalue weighted by Crippen LogP contribution is 2.02. The van der Waals surface area contributed by atoms with Gasteiger partial charge in [0.05, 0.1) is 6.10 Å². The fourth-order valence-electron chi connectivity index (χ4n) is 1.23. The standard InChI is InChI=1S/C11H22N2O4S/c1-8(14)4-6-13(2)11(17)12-9(10(15)16)5-7-18-3/h8-9,14H,4-7H2,1-3H3,(H,12,17)(H,15,16)/t8?,9-/m0/s1. The van der Waals surface area contributed by atoms with E-state index in [4.69, 9.17) is 10.2 Å². The van der Waals surface area contributed by atoms with Gasteiger partial charge in [0.1, 0.15) is 6.04 Å². The lowest BCUT2D eigenvalue weighted by molar-refractivity contribution is -0.139. The normalized spacial score (nSPS) is 13.8. The summed E-state index contributed by atoms with van der Waals surface area (Å²) in [5.74, 6) is -0.351. The Morgan fingerprint density at radius 1 is 1.39 bits per heavy atom. The maximum Gasteiger partial charge on any atom is 0.326 e. The van der Waals surface area contributed by atoms with Crippen LogP contribution in [0.5, 0.6) is 0 Å². The van der Waals surface area contributed by atoms with Crippen LogP contribution in [0.15, 0.2) is 0 Å². The van der Waals surface area contributed by atoms with E-state index in [1.165, 1.54) is 16.7 Å². The zero-order chi connectivity index (χ0) is 14.1. The second-order valence-electron chi connectivity index (χ2n) is 4.18. The van der Waals surface area contributed by atoms with Gasteiger partial charge in [-0.2, -0.15) is 11.8 Å². The van der Waals surface area contributed by atoms with Gasteiger partial charge in [-0.15, -0.1) is 0 Å². The summed E-state index contributed by atoms with van der Waals surface area (Å²) in [6, 6.07) is -1.29. The molecular formula is C11H22N2O4S. The summed E-state index contributed by atoms with van der Waals surface area (Å²) in [5.41, 5.74) is 0. The molecule has 0 aromatic rings. The molecule has 0 aliphatic rings. The Balaban J connectivity index is 4.18. The number of nitrogens with one attached hydrogen (secondary N) is 1. The molecule has 2 amide bonds. The molecule has 0 aliphatic carbocycles. The van der Waals surface area contributed by atoms with Gasteiger partial charge < -0.3 is 20.4 Å². The summed E-state index contributed by atoms with van der Waals surface area (Å²) in [6.45, 7) is 2.03. The van der Waals surface area contributed by atoms with Gasteiger partial charge in [-0.25, -0.2) is 9.59 Å². The number of rotatable bonds is 8. The van der Waals surface area contributed by atoms with Crippen LogP contribution in [-0.2, 0) is 4.79 Å². The van der Waals surface area contributed by atoms with Crippen LogP contribution in [0, 0.1) is 0 Å². The number of amides is 2. The Morgan fingerprint density at radius 2 is 2.00 bits per heavy atom. The number of carboxylic acids is 1. The maximum atomic E-state index is 11.7. The Labute approximate surface area is 112 Å². The lowest BCUT2D eigenvalue weighted by Gasteiger charge is -2.21. The number of carboxylic acid groups (broad SMARTS) is 1. The van der Waals surface area contributed by atoms with Crippen molar-refractivity contribution < 1.29 is 19.8 Å². The third-order valence-electron chi connectivity index (χ3n) is 2.44. The van der Waals surface area contributed by atoms with Crippen molar-refractivity contribution in [2.24, 2.45) is 0 Å². The molecule has 3 N–H and O–H groups in total. The average molecular weight is 278 g/mol. The summed E-state index contributed by atoms with van der Waals surface area (Å²) in [6.07, 6.45) is 2.26. The van der Waals surface area contributed by atoms with E-state index < -0.39 is 24.1 Å². The third-order valence-corrected chi connectivity index (χ3v) is 3.08. The summed E-state index contributed by atoms with van der Waals surface area (Å²) < 4.78 is 0. The molecule has 18 heavy (non-hydrogen) atoms. The third kappa shape index (κ3) is 7.39. The van der Waals surface area contributed by atoms with Crippen molar-refractivity contribution in [1.29, 1.82) is 0 Å². The van der Waals surface area contributed by atoms with Crippen LogP contribution in [0.3, 0.4) is 0 Å². The number of urea groups is 1. The molecule has 0 saturated heterocycles. The molecule has 2 atom stereocenters. The molecule has 0 bridgehead atoms. The predicted octanol–water partition coefficient (Wildman–Crippen LogP) is 0.605. The van der Waals surface area contributed by atoms with Crippen LogP contribution in [0.25, 0.3) is 0 Å². The molecule has 6 nitrogen and oxygen atoms in total. The molecule has 106 valence electrons. The highest BCUT2D eigenvalue weighted by Gasteiger charge is 2.21. The van der Waals surface area contributed by atoms with E-state index in [9.17, 15) is 9.59 Å². The smallest absolute Gasteiger partial charge is 0.326 e. The minimum atomic E-state index is -1.03. The average Bonchev–Trinajstić information content (AvgIpc) is 2.30. The molecule has 0 spiro atoms. The lowest BCUT2D eigenvalue weighted by Crippen LogP contribution is -2.47. The first kappa shape index (κ1) is 17.1. The summed E-state index contributed by atoms with van der Waals surface area (Å²) in [5, 5.41) is 20.5. The lowest BCUT2D eigenvalue weighted by atomic mass is 10.2. The highest BCUT2D eigenvalue weighted by molar-refractivity contribution is 7.98.